The number of anilines is 1. The van der Waals surface area contributed by atoms with Gasteiger partial charge in [-0.25, -0.2) is 4.98 Å². The molecule has 0 aliphatic heterocycles. The Labute approximate surface area is 103 Å². The second-order valence-corrected chi connectivity index (χ2v) is 4.12. The average molecular weight is 235 g/mol. The van der Waals surface area contributed by atoms with Crippen LogP contribution in [0.25, 0.3) is 0 Å². The zero-order chi connectivity index (χ0) is 12.7. The van der Waals surface area contributed by atoms with Crippen molar-refractivity contribution < 1.29 is 4.79 Å². The Balaban J connectivity index is 2.66. The van der Waals surface area contributed by atoms with E-state index in [1.807, 2.05) is 26.0 Å². The molecule has 1 rings (SSSR count). The fourth-order valence-electron chi connectivity index (χ4n) is 1.31. The highest BCUT2D eigenvalue weighted by Crippen LogP contribution is 2.05. The van der Waals surface area contributed by atoms with Crippen molar-refractivity contribution in [1.29, 1.82) is 0 Å². The van der Waals surface area contributed by atoms with Gasteiger partial charge < -0.3 is 10.6 Å². The molecular formula is C13H21N3O. The van der Waals surface area contributed by atoms with E-state index in [1.165, 1.54) is 0 Å². The third-order valence-corrected chi connectivity index (χ3v) is 2.53. The summed E-state index contributed by atoms with van der Waals surface area (Å²) in [5, 5.41) is 6.07. The molecule has 0 radical (unpaired) electrons. The highest BCUT2D eigenvalue weighted by atomic mass is 16.1. The summed E-state index contributed by atoms with van der Waals surface area (Å²) < 4.78 is 0. The van der Waals surface area contributed by atoms with Gasteiger partial charge in [0.2, 0.25) is 0 Å². The normalized spacial score (nSPS) is 11.9. The molecule has 0 fully saturated rings. The molecule has 0 bridgehead atoms. The van der Waals surface area contributed by atoms with Gasteiger partial charge in [-0.1, -0.05) is 19.9 Å². The van der Waals surface area contributed by atoms with Crippen LogP contribution in [0.15, 0.2) is 18.2 Å². The fourth-order valence-corrected chi connectivity index (χ4v) is 1.31. The summed E-state index contributed by atoms with van der Waals surface area (Å²) in [6, 6.07) is 5.62. The van der Waals surface area contributed by atoms with Crippen molar-refractivity contribution in [3.05, 3.63) is 23.9 Å². The summed E-state index contributed by atoms with van der Waals surface area (Å²) in [7, 11) is 0. The van der Waals surface area contributed by atoms with Gasteiger partial charge >= 0.3 is 0 Å². The molecule has 2 N–H and O–H groups in total. The Morgan fingerprint density at radius 3 is 2.82 bits per heavy atom. The number of hydrogen-bond acceptors (Lipinski definition) is 3. The quantitative estimate of drug-likeness (QED) is 0.796. The molecule has 94 valence electrons. The number of carbonyl (C=O) groups is 1. The summed E-state index contributed by atoms with van der Waals surface area (Å²) in [6.07, 6.45) is 1.95. The molecule has 1 aromatic rings. The predicted molar refractivity (Wildman–Crippen MR) is 70.2 cm³/mol. The van der Waals surface area contributed by atoms with Crippen LogP contribution in [-0.2, 0) is 0 Å². The van der Waals surface area contributed by atoms with E-state index in [0.717, 1.165) is 25.2 Å². The number of rotatable bonds is 6. The van der Waals surface area contributed by atoms with Crippen LogP contribution in [0.5, 0.6) is 0 Å². The van der Waals surface area contributed by atoms with E-state index in [0.29, 0.717) is 5.69 Å². The maximum absolute atomic E-state index is 11.8. The minimum absolute atomic E-state index is 0.112. The first-order valence-corrected chi connectivity index (χ1v) is 6.19. The minimum atomic E-state index is -0.112. The average Bonchev–Trinajstić information content (AvgIpc) is 2.36. The highest BCUT2D eigenvalue weighted by molar-refractivity contribution is 5.92. The molecule has 1 amide bonds. The van der Waals surface area contributed by atoms with Gasteiger partial charge in [-0.15, -0.1) is 0 Å². The lowest BCUT2D eigenvalue weighted by Gasteiger charge is -2.11. The topological polar surface area (TPSA) is 54.0 Å². The zero-order valence-corrected chi connectivity index (χ0v) is 10.8. The molecule has 0 aliphatic carbocycles. The van der Waals surface area contributed by atoms with Crippen molar-refractivity contribution in [3.8, 4) is 0 Å². The molecule has 0 spiro atoms. The lowest BCUT2D eigenvalue weighted by atomic mass is 10.2. The number of pyridine rings is 1. The van der Waals surface area contributed by atoms with Gasteiger partial charge in [0.15, 0.2) is 0 Å². The van der Waals surface area contributed by atoms with E-state index >= 15 is 0 Å². The number of carbonyl (C=O) groups excluding carboxylic acids is 1. The molecule has 1 heterocycles. The van der Waals surface area contributed by atoms with Gasteiger partial charge in [0.1, 0.15) is 11.5 Å². The monoisotopic (exact) mass is 235 g/mol. The first-order chi connectivity index (χ1) is 8.17. The van der Waals surface area contributed by atoms with Crippen molar-refractivity contribution in [1.82, 2.24) is 10.3 Å². The Bertz CT molecular complexity index is 365. The fraction of sp³-hybridized carbons (Fsp3) is 0.538. The Morgan fingerprint density at radius 1 is 1.41 bits per heavy atom. The second-order valence-electron chi connectivity index (χ2n) is 4.12. The summed E-state index contributed by atoms with van der Waals surface area (Å²) in [4.78, 5) is 16.1. The van der Waals surface area contributed by atoms with Crippen molar-refractivity contribution in [2.45, 2.75) is 39.7 Å². The third-order valence-electron chi connectivity index (χ3n) is 2.53. The highest BCUT2D eigenvalue weighted by Gasteiger charge is 2.09. The molecule has 0 saturated carbocycles. The van der Waals surface area contributed by atoms with E-state index in [9.17, 15) is 4.79 Å². The van der Waals surface area contributed by atoms with E-state index in [4.69, 9.17) is 0 Å². The Kier molecular flexibility index (Phi) is 5.46. The van der Waals surface area contributed by atoms with Gasteiger partial charge in [-0.05, 0) is 31.9 Å². The van der Waals surface area contributed by atoms with Crippen LogP contribution < -0.4 is 10.6 Å². The molecular weight excluding hydrogens is 214 g/mol. The number of nitrogens with one attached hydrogen (secondary N) is 2. The number of amides is 1. The molecule has 0 saturated heterocycles. The van der Waals surface area contributed by atoms with Crippen molar-refractivity contribution >= 4 is 11.7 Å². The molecule has 0 aromatic carbocycles. The van der Waals surface area contributed by atoms with Crippen molar-refractivity contribution in [2.24, 2.45) is 0 Å². The first kappa shape index (κ1) is 13.5. The number of nitrogens with zero attached hydrogens (tertiary/aromatic N) is 1. The van der Waals surface area contributed by atoms with Gasteiger partial charge in [-0.2, -0.15) is 0 Å². The largest absolute Gasteiger partial charge is 0.370 e. The maximum atomic E-state index is 11.8. The van der Waals surface area contributed by atoms with Crippen LogP contribution in [0.4, 0.5) is 5.82 Å². The molecule has 4 heteroatoms. The minimum Gasteiger partial charge on any atom is -0.370 e. The van der Waals surface area contributed by atoms with Crippen LogP contribution in [0.3, 0.4) is 0 Å². The smallest absolute Gasteiger partial charge is 0.270 e. The van der Waals surface area contributed by atoms with Gasteiger partial charge in [0, 0.05) is 12.6 Å². The number of aromatic nitrogens is 1. The van der Waals surface area contributed by atoms with Crippen LogP contribution in [-0.4, -0.2) is 23.5 Å². The van der Waals surface area contributed by atoms with Gasteiger partial charge in [-0.3, -0.25) is 4.79 Å². The van der Waals surface area contributed by atoms with E-state index < -0.39 is 0 Å². The molecule has 0 aliphatic rings. The van der Waals surface area contributed by atoms with Gasteiger partial charge in [0.05, 0.1) is 0 Å². The van der Waals surface area contributed by atoms with Gasteiger partial charge in [0.25, 0.3) is 5.91 Å². The maximum Gasteiger partial charge on any atom is 0.270 e. The van der Waals surface area contributed by atoms with Crippen molar-refractivity contribution in [2.75, 3.05) is 11.9 Å². The van der Waals surface area contributed by atoms with Crippen LogP contribution >= 0.6 is 0 Å². The molecule has 4 nitrogen and oxygen atoms in total. The van der Waals surface area contributed by atoms with E-state index in [1.54, 1.807) is 6.07 Å². The molecule has 1 atom stereocenters. The molecule has 1 unspecified atom stereocenters. The summed E-state index contributed by atoms with van der Waals surface area (Å²) in [5.41, 5.74) is 0.464. The summed E-state index contributed by atoms with van der Waals surface area (Å²) in [6.45, 7) is 6.98. The molecule has 17 heavy (non-hydrogen) atoms. The van der Waals surface area contributed by atoms with Crippen LogP contribution in [0.1, 0.15) is 44.1 Å². The standard InChI is InChI=1S/C13H21N3O/c1-4-9-14-12-8-6-7-11(16-12)13(17)15-10(3)5-2/h6-8,10H,4-5,9H2,1-3H3,(H,14,16)(H,15,17). The first-order valence-electron chi connectivity index (χ1n) is 6.19. The zero-order valence-electron chi connectivity index (χ0n) is 10.8. The number of hydrogen-bond donors (Lipinski definition) is 2. The molecule has 1 aromatic heterocycles. The van der Waals surface area contributed by atoms with Crippen LogP contribution in [0.2, 0.25) is 0 Å². The SMILES string of the molecule is CCCNc1cccc(C(=O)NC(C)CC)n1. The lowest BCUT2D eigenvalue weighted by molar-refractivity contribution is 0.0934. The Hall–Kier alpha value is -1.58. The Morgan fingerprint density at radius 2 is 2.18 bits per heavy atom. The lowest BCUT2D eigenvalue weighted by Crippen LogP contribution is -2.32. The van der Waals surface area contributed by atoms with Crippen LogP contribution in [0, 0.1) is 0 Å². The predicted octanol–water partition coefficient (Wildman–Crippen LogP) is 2.43. The summed E-state index contributed by atoms with van der Waals surface area (Å²) in [5.74, 6) is 0.642. The third kappa shape index (κ3) is 4.43. The summed E-state index contributed by atoms with van der Waals surface area (Å²) >= 11 is 0. The van der Waals surface area contributed by atoms with E-state index in [-0.39, 0.29) is 11.9 Å². The van der Waals surface area contributed by atoms with Crippen molar-refractivity contribution in [3.63, 3.8) is 0 Å². The van der Waals surface area contributed by atoms with E-state index in [2.05, 4.69) is 22.5 Å². The second kappa shape index (κ2) is 6.89.